The Morgan fingerprint density at radius 3 is 2.61 bits per heavy atom. The van der Waals surface area contributed by atoms with Crippen molar-refractivity contribution in [3.05, 3.63) is 78.0 Å². The number of hydrogen-bond acceptors (Lipinski definition) is 3. The number of hydrogen-bond donors (Lipinski definition) is 2. The number of nitrogens with zero attached hydrogens (tertiary/aromatic N) is 1. The van der Waals surface area contributed by atoms with Crippen molar-refractivity contribution in [1.82, 2.24) is 10.9 Å². The monoisotopic (exact) mass is 303 g/mol. The fraction of sp³-hybridized carbons (Fsp3) is 0.150. The molecule has 2 N–H and O–H groups in total. The fourth-order valence-electron chi connectivity index (χ4n) is 2.78. The quantitative estimate of drug-likeness (QED) is 0.815. The van der Waals surface area contributed by atoms with E-state index < -0.39 is 0 Å². The molecule has 0 unspecified atom stereocenters. The Balaban J connectivity index is 1.79. The Hall–Kier alpha value is -2.81. The number of nitrogens with one attached hydrogen (secondary N) is 2. The van der Waals surface area contributed by atoms with Gasteiger partial charge in [0.05, 0.1) is 11.4 Å². The fourth-order valence-corrected chi connectivity index (χ4v) is 2.78. The van der Waals surface area contributed by atoms with E-state index >= 15 is 0 Å². The summed E-state index contributed by atoms with van der Waals surface area (Å²) in [5.74, 6) is 0. The first kappa shape index (κ1) is 15.1. The summed E-state index contributed by atoms with van der Waals surface area (Å²) in [6.45, 7) is 11.2. The molecule has 0 aliphatic carbocycles. The highest BCUT2D eigenvalue weighted by Gasteiger charge is 2.09. The van der Waals surface area contributed by atoms with Gasteiger partial charge in [-0.15, -0.1) is 0 Å². The minimum Gasteiger partial charge on any atom is -0.301 e. The number of hydrazine groups is 1. The number of allylic oxidation sites excluding steroid dienone is 1. The molecule has 3 rings (SSSR count). The maximum Gasteiger partial charge on any atom is 0.0552 e. The van der Waals surface area contributed by atoms with Crippen LogP contribution in [0.1, 0.15) is 17.5 Å². The van der Waals surface area contributed by atoms with E-state index in [1.807, 2.05) is 18.3 Å². The molecule has 3 nitrogen and oxygen atoms in total. The summed E-state index contributed by atoms with van der Waals surface area (Å²) in [6.07, 6.45) is 4.94. The van der Waals surface area contributed by atoms with Crippen molar-refractivity contribution in [3.8, 4) is 0 Å². The molecule has 0 bridgehead atoms. The van der Waals surface area contributed by atoms with E-state index in [1.165, 1.54) is 16.3 Å². The predicted octanol–water partition coefficient (Wildman–Crippen LogP) is 4.13. The van der Waals surface area contributed by atoms with Gasteiger partial charge in [0.25, 0.3) is 0 Å². The second-order valence-electron chi connectivity index (χ2n) is 5.67. The largest absolute Gasteiger partial charge is 0.301 e. The average Bonchev–Trinajstić information content (AvgIpc) is 2.60. The summed E-state index contributed by atoms with van der Waals surface area (Å²) in [6, 6.07) is 12.6. The zero-order valence-corrected chi connectivity index (χ0v) is 13.4. The SMILES string of the molecule is C=C(NNC(=C)c1c(C)ccc2ccccc12)C1=CCCN=C1. The standard InChI is InChI=1S/C20H21N3/c1-14-10-11-17-7-4-5-9-19(17)20(14)16(3)23-22-15(2)18-8-6-12-21-13-18/h4-5,7-11,13,22-23H,2-3,6,12H2,1H3. The van der Waals surface area contributed by atoms with Crippen molar-refractivity contribution in [1.29, 1.82) is 0 Å². The summed E-state index contributed by atoms with van der Waals surface area (Å²) in [5.41, 5.74) is 11.3. The lowest BCUT2D eigenvalue weighted by Gasteiger charge is -2.18. The van der Waals surface area contributed by atoms with E-state index in [-0.39, 0.29) is 0 Å². The Kier molecular flexibility index (Phi) is 4.29. The van der Waals surface area contributed by atoms with Gasteiger partial charge in [-0.05, 0) is 29.7 Å². The van der Waals surface area contributed by atoms with Crippen molar-refractivity contribution in [3.63, 3.8) is 0 Å². The van der Waals surface area contributed by atoms with Gasteiger partial charge in [-0.3, -0.25) is 4.99 Å². The number of aryl methyl sites for hydroxylation is 1. The first-order valence-electron chi connectivity index (χ1n) is 7.76. The van der Waals surface area contributed by atoms with Gasteiger partial charge in [0.15, 0.2) is 0 Å². The van der Waals surface area contributed by atoms with Crippen LogP contribution in [0, 0.1) is 6.92 Å². The third-order valence-electron chi connectivity index (χ3n) is 4.00. The zero-order chi connectivity index (χ0) is 16.2. The van der Waals surface area contributed by atoms with Crippen LogP contribution >= 0.6 is 0 Å². The molecule has 1 aliphatic heterocycles. The van der Waals surface area contributed by atoms with Crippen molar-refractivity contribution in [2.75, 3.05) is 6.54 Å². The van der Waals surface area contributed by atoms with Crippen LogP contribution in [0.5, 0.6) is 0 Å². The molecule has 1 heterocycles. The molecule has 3 heteroatoms. The van der Waals surface area contributed by atoms with Gasteiger partial charge in [-0.2, -0.15) is 0 Å². The lowest BCUT2D eigenvalue weighted by Crippen LogP contribution is -2.30. The Morgan fingerprint density at radius 1 is 1.04 bits per heavy atom. The van der Waals surface area contributed by atoms with Crippen LogP contribution in [0.3, 0.4) is 0 Å². The molecule has 0 saturated carbocycles. The number of rotatable bonds is 5. The molecule has 2 aromatic rings. The second kappa shape index (κ2) is 6.53. The molecule has 0 aromatic heterocycles. The predicted molar refractivity (Wildman–Crippen MR) is 99.2 cm³/mol. The van der Waals surface area contributed by atoms with Gasteiger partial charge in [0.1, 0.15) is 0 Å². The van der Waals surface area contributed by atoms with Crippen LogP contribution < -0.4 is 10.9 Å². The smallest absolute Gasteiger partial charge is 0.0552 e. The topological polar surface area (TPSA) is 36.4 Å². The molecule has 2 aromatic carbocycles. The normalized spacial score (nSPS) is 13.5. The number of dihydropyridines is 1. The van der Waals surface area contributed by atoms with E-state index in [2.05, 4.69) is 66.3 Å². The summed E-state index contributed by atoms with van der Waals surface area (Å²) in [5, 5.41) is 2.40. The number of benzene rings is 2. The molecule has 0 atom stereocenters. The van der Waals surface area contributed by atoms with E-state index in [9.17, 15) is 0 Å². The third kappa shape index (κ3) is 3.19. The molecule has 23 heavy (non-hydrogen) atoms. The van der Waals surface area contributed by atoms with Gasteiger partial charge in [0, 0.05) is 23.9 Å². The van der Waals surface area contributed by atoms with Crippen LogP contribution in [-0.4, -0.2) is 12.8 Å². The molecule has 1 aliphatic rings. The van der Waals surface area contributed by atoms with Crippen molar-refractivity contribution >= 4 is 22.7 Å². The lowest BCUT2D eigenvalue weighted by molar-refractivity contribution is 0.761. The minimum atomic E-state index is 0.799. The molecule has 116 valence electrons. The molecule has 0 saturated heterocycles. The Bertz CT molecular complexity index is 828. The minimum absolute atomic E-state index is 0.799. The maximum absolute atomic E-state index is 4.28. The Morgan fingerprint density at radius 2 is 1.83 bits per heavy atom. The molecule has 0 radical (unpaired) electrons. The first-order valence-corrected chi connectivity index (χ1v) is 7.76. The van der Waals surface area contributed by atoms with Crippen LogP contribution in [0.4, 0.5) is 0 Å². The molecule has 0 fully saturated rings. The molecule has 0 spiro atoms. The van der Waals surface area contributed by atoms with E-state index in [0.717, 1.165) is 35.5 Å². The highest BCUT2D eigenvalue weighted by molar-refractivity contribution is 5.94. The van der Waals surface area contributed by atoms with E-state index in [0.29, 0.717) is 0 Å². The highest BCUT2D eigenvalue weighted by atomic mass is 15.4. The first-order chi connectivity index (χ1) is 11.2. The zero-order valence-electron chi connectivity index (χ0n) is 13.4. The second-order valence-corrected chi connectivity index (χ2v) is 5.67. The molecule has 0 amide bonds. The summed E-state index contributed by atoms with van der Waals surface area (Å²) < 4.78 is 0. The average molecular weight is 303 g/mol. The Labute approximate surface area is 137 Å². The van der Waals surface area contributed by atoms with Gasteiger partial charge < -0.3 is 10.9 Å². The van der Waals surface area contributed by atoms with Crippen molar-refractivity contribution in [2.24, 2.45) is 4.99 Å². The van der Waals surface area contributed by atoms with Gasteiger partial charge in [0.2, 0.25) is 0 Å². The van der Waals surface area contributed by atoms with Crippen molar-refractivity contribution in [2.45, 2.75) is 13.3 Å². The summed E-state index contributed by atoms with van der Waals surface area (Å²) in [4.78, 5) is 4.28. The van der Waals surface area contributed by atoms with Crippen LogP contribution in [-0.2, 0) is 0 Å². The van der Waals surface area contributed by atoms with E-state index in [1.54, 1.807) is 0 Å². The van der Waals surface area contributed by atoms with Gasteiger partial charge in [-0.25, -0.2) is 0 Å². The number of fused-ring (bicyclic) bond motifs is 1. The molecular formula is C20H21N3. The van der Waals surface area contributed by atoms with Gasteiger partial charge in [-0.1, -0.05) is 55.6 Å². The van der Waals surface area contributed by atoms with Crippen LogP contribution in [0.2, 0.25) is 0 Å². The van der Waals surface area contributed by atoms with Gasteiger partial charge >= 0.3 is 0 Å². The van der Waals surface area contributed by atoms with Crippen LogP contribution in [0.15, 0.2) is 71.9 Å². The van der Waals surface area contributed by atoms with Crippen LogP contribution in [0.25, 0.3) is 16.5 Å². The lowest BCUT2D eigenvalue weighted by atomic mass is 9.98. The third-order valence-corrected chi connectivity index (χ3v) is 4.00. The van der Waals surface area contributed by atoms with Crippen molar-refractivity contribution < 1.29 is 0 Å². The highest BCUT2D eigenvalue weighted by Crippen LogP contribution is 2.26. The van der Waals surface area contributed by atoms with E-state index in [4.69, 9.17) is 0 Å². The molecular weight excluding hydrogens is 282 g/mol. The maximum atomic E-state index is 4.28. The summed E-state index contributed by atoms with van der Waals surface area (Å²) in [7, 11) is 0. The summed E-state index contributed by atoms with van der Waals surface area (Å²) >= 11 is 0. The number of aliphatic imine (C=N–C) groups is 1.